The molecular formula is C9H12FN. The Kier molecular flexibility index (Phi) is 2.58. The van der Waals surface area contributed by atoms with Crippen molar-refractivity contribution in [2.45, 2.75) is 19.8 Å². The fourth-order valence-electron chi connectivity index (χ4n) is 0.928. The molecule has 1 rings (SSSR count). The molecule has 0 aromatic heterocycles. The maximum Gasteiger partial charge on any atom is 0.212 e. The maximum atomic E-state index is 12.4. The molecule has 1 saturated carbocycles. The number of hydrogen-bond donors (Lipinski definition) is 0. The van der Waals surface area contributed by atoms with E-state index in [9.17, 15) is 4.39 Å². The molecule has 1 nitrogen and oxygen atoms in total. The Balaban J connectivity index is 2.49. The van der Waals surface area contributed by atoms with Crippen molar-refractivity contribution < 1.29 is 4.39 Å². The first kappa shape index (κ1) is 8.18. The van der Waals surface area contributed by atoms with Gasteiger partial charge < -0.3 is 0 Å². The summed E-state index contributed by atoms with van der Waals surface area (Å²) in [6.45, 7) is 5.09. The average molecular weight is 153 g/mol. The second kappa shape index (κ2) is 3.46. The van der Waals surface area contributed by atoms with Gasteiger partial charge in [-0.15, -0.1) is 0 Å². The Morgan fingerprint density at radius 3 is 2.64 bits per heavy atom. The molecule has 0 aromatic carbocycles. The molecule has 0 atom stereocenters. The minimum atomic E-state index is -0.509. The average Bonchev–Trinajstić information content (AvgIpc) is 2.81. The molecule has 0 amide bonds. The lowest BCUT2D eigenvalue weighted by Crippen LogP contribution is -1.75. The zero-order valence-electron chi connectivity index (χ0n) is 6.68. The van der Waals surface area contributed by atoms with Crippen molar-refractivity contribution in [1.29, 1.82) is 0 Å². The van der Waals surface area contributed by atoms with Crippen molar-refractivity contribution >= 4 is 6.72 Å². The largest absolute Gasteiger partial charge is 0.236 e. The molecule has 0 N–H and O–H groups in total. The third-order valence-corrected chi connectivity index (χ3v) is 1.86. The van der Waals surface area contributed by atoms with Gasteiger partial charge in [0.15, 0.2) is 0 Å². The van der Waals surface area contributed by atoms with E-state index in [2.05, 4.69) is 11.7 Å². The molecule has 2 heteroatoms. The Labute approximate surface area is 66.3 Å². The predicted molar refractivity (Wildman–Crippen MR) is 45.2 cm³/mol. The van der Waals surface area contributed by atoms with Crippen LogP contribution in [-0.2, 0) is 0 Å². The number of allylic oxidation sites excluding steroid dienone is 3. The molecule has 0 saturated heterocycles. The van der Waals surface area contributed by atoms with Crippen LogP contribution in [0, 0.1) is 5.92 Å². The van der Waals surface area contributed by atoms with Gasteiger partial charge in [0.05, 0.1) is 0 Å². The highest BCUT2D eigenvalue weighted by Crippen LogP contribution is 2.35. The monoisotopic (exact) mass is 153 g/mol. The highest BCUT2D eigenvalue weighted by atomic mass is 19.1. The quantitative estimate of drug-likeness (QED) is 0.336. The minimum Gasteiger partial charge on any atom is -0.236 e. The van der Waals surface area contributed by atoms with Crippen LogP contribution < -0.4 is 0 Å². The van der Waals surface area contributed by atoms with Crippen LogP contribution in [0.4, 0.5) is 4.39 Å². The van der Waals surface area contributed by atoms with E-state index in [-0.39, 0.29) is 0 Å². The summed E-state index contributed by atoms with van der Waals surface area (Å²) in [4.78, 5) is 3.14. The third-order valence-electron chi connectivity index (χ3n) is 1.86. The predicted octanol–water partition coefficient (Wildman–Crippen LogP) is 2.85. The van der Waals surface area contributed by atoms with Crippen LogP contribution in [0.2, 0.25) is 0 Å². The van der Waals surface area contributed by atoms with Crippen molar-refractivity contribution in [3.05, 3.63) is 23.7 Å². The summed E-state index contributed by atoms with van der Waals surface area (Å²) in [7, 11) is 0. The van der Waals surface area contributed by atoms with Crippen molar-refractivity contribution in [1.82, 2.24) is 0 Å². The van der Waals surface area contributed by atoms with Gasteiger partial charge in [-0.1, -0.05) is 11.6 Å². The summed E-state index contributed by atoms with van der Waals surface area (Å²) in [6.07, 6.45) is 5.64. The Hall–Kier alpha value is -0.920. The lowest BCUT2D eigenvalue weighted by molar-refractivity contribution is 0.630. The fourth-order valence-corrected chi connectivity index (χ4v) is 0.928. The fraction of sp³-hybridized carbons (Fsp3) is 0.444. The SMILES string of the molecule is C=N/C(F)=C\C=C(/C)C1CC1. The molecule has 0 spiro atoms. The molecule has 0 bridgehead atoms. The first-order valence-electron chi connectivity index (χ1n) is 3.74. The lowest BCUT2D eigenvalue weighted by Gasteiger charge is -1.91. The third kappa shape index (κ3) is 2.66. The van der Waals surface area contributed by atoms with E-state index in [0.717, 1.165) is 0 Å². The molecular weight excluding hydrogens is 141 g/mol. The molecule has 0 aromatic rings. The van der Waals surface area contributed by atoms with Crippen LogP contribution in [0.15, 0.2) is 28.7 Å². The summed E-state index contributed by atoms with van der Waals surface area (Å²) < 4.78 is 12.4. The maximum absolute atomic E-state index is 12.4. The minimum absolute atomic E-state index is 0.509. The van der Waals surface area contributed by atoms with Gasteiger partial charge in [0.25, 0.3) is 0 Å². The van der Waals surface area contributed by atoms with E-state index in [1.54, 1.807) is 6.08 Å². The molecule has 11 heavy (non-hydrogen) atoms. The van der Waals surface area contributed by atoms with Crippen molar-refractivity contribution in [3.8, 4) is 0 Å². The van der Waals surface area contributed by atoms with Crippen LogP contribution >= 0.6 is 0 Å². The molecule has 1 aliphatic carbocycles. The smallest absolute Gasteiger partial charge is 0.212 e. The number of rotatable bonds is 3. The second-order valence-corrected chi connectivity index (χ2v) is 2.83. The van der Waals surface area contributed by atoms with Crippen LogP contribution in [-0.4, -0.2) is 6.72 Å². The van der Waals surface area contributed by atoms with E-state index >= 15 is 0 Å². The zero-order chi connectivity index (χ0) is 8.27. The standard InChI is InChI=1S/C9H12FN/c1-7(8-4-5-8)3-6-9(10)11-2/h3,6,8H,2,4-5H2,1H3/b7-3+,9-6-. The summed E-state index contributed by atoms with van der Waals surface area (Å²) in [5.41, 5.74) is 1.24. The van der Waals surface area contributed by atoms with Gasteiger partial charge in [0.2, 0.25) is 5.95 Å². The van der Waals surface area contributed by atoms with Gasteiger partial charge in [-0.3, -0.25) is 0 Å². The van der Waals surface area contributed by atoms with Crippen LogP contribution in [0.1, 0.15) is 19.8 Å². The van der Waals surface area contributed by atoms with Crippen molar-refractivity contribution in [2.75, 3.05) is 0 Å². The molecule has 1 fully saturated rings. The van der Waals surface area contributed by atoms with E-state index < -0.39 is 5.95 Å². The van der Waals surface area contributed by atoms with Crippen LogP contribution in [0.5, 0.6) is 0 Å². The summed E-state index contributed by atoms with van der Waals surface area (Å²) in [5.74, 6) is 0.189. The molecule has 0 heterocycles. The van der Waals surface area contributed by atoms with Crippen LogP contribution in [0.3, 0.4) is 0 Å². The topological polar surface area (TPSA) is 12.4 Å². The molecule has 1 aliphatic rings. The van der Waals surface area contributed by atoms with Crippen molar-refractivity contribution in [3.63, 3.8) is 0 Å². The highest BCUT2D eigenvalue weighted by Gasteiger charge is 2.22. The summed E-state index contributed by atoms with van der Waals surface area (Å²) in [6, 6.07) is 0. The van der Waals surface area contributed by atoms with Gasteiger partial charge in [-0.05, 0) is 38.5 Å². The number of nitrogens with zero attached hydrogens (tertiary/aromatic N) is 1. The van der Waals surface area contributed by atoms with Gasteiger partial charge in [0, 0.05) is 0 Å². The van der Waals surface area contributed by atoms with E-state index in [4.69, 9.17) is 0 Å². The Morgan fingerprint density at radius 2 is 2.18 bits per heavy atom. The van der Waals surface area contributed by atoms with Gasteiger partial charge >= 0.3 is 0 Å². The molecule has 0 radical (unpaired) electrons. The van der Waals surface area contributed by atoms with Crippen molar-refractivity contribution in [2.24, 2.45) is 10.9 Å². The normalized spacial score (nSPS) is 20.2. The first-order chi connectivity index (χ1) is 5.24. The van der Waals surface area contributed by atoms with Gasteiger partial charge in [-0.25, -0.2) is 4.99 Å². The molecule has 0 unspecified atom stereocenters. The Bertz CT molecular complexity index is 212. The highest BCUT2D eigenvalue weighted by molar-refractivity contribution is 5.28. The molecule has 0 aliphatic heterocycles. The van der Waals surface area contributed by atoms with E-state index in [1.165, 1.54) is 24.5 Å². The zero-order valence-corrected chi connectivity index (χ0v) is 6.68. The number of hydrogen-bond acceptors (Lipinski definition) is 1. The number of halogens is 1. The lowest BCUT2D eigenvalue weighted by atomic mass is 10.2. The second-order valence-electron chi connectivity index (χ2n) is 2.83. The number of aliphatic imine (C=N–C) groups is 1. The van der Waals surface area contributed by atoms with Gasteiger partial charge in [-0.2, -0.15) is 4.39 Å². The van der Waals surface area contributed by atoms with Crippen LogP contribution in [0.25, 0.3) is 0 Å². The Morgan fingerprint density at radius 1 is 1.55 bits per heavy atom. The summed E-state index contributed by atoms with van der Waals surface area (Å²) >= 11 is 0. The van der Waals surface area contributed by atoms with E-state index in [0.29, 0.717) is 5.92 Å². The first-order valence-corrected chi connectivity index (χ1v) is 3.74. The van der Waals surface area contributed by atoms with E-state index in [1.807, 2.05) is 6.92 Å². The molecule has 60 valence electrons. The van der Waals surface area contributed by atoms with Gasteiger partial charge in [0.1, 0.15) is 0 Å². The summed E-state index contributed by atoms with van der Waals surface area (Å²) in [5, 5.41) is 0.